The van der Waals surface area contributed by atoms with Crippen molar-refractivity contribution in [3.8, 4) is 0 Å². The number of hydrazine groups is 1. The number of nitrogens with zero attached hydrogens (tertiary/aromatic N) is 1. The second-order valence-corrected chi connectivity index (χ2v) is 3.00. The molecule has 74 valence electrons. The second-order valence-electron chi connectivity index (χ2n) is 3.00. The molecule has 1 aromatic rings. The SMILES string of the molecule is NN(Cc1ccccc1)C1=COCO1. The maximum Gasteiger partial charge on any atom is 0.243 e. The van der Waals surface area contributed by atoms with Gasteiger partial charge in [-0.1, -0.05) is 30.3 Å². The monoisotopic (exact) mass is 192 g/mol. The lowest BCUT2D eigenvalue weighted by molar-refractivity contribution is 0.0465. The summed E-state index contributed by atoms with van der Waals surface area (Å²) in [5.74, 6) is 6.33. The van der Waals surface area contributed by atoms with E-state index in [1.54, 1.807) is 0 Å². The van der Waals surface area contributed by atoms with Crippen LogP contribution in [-0.4, -0.2) is 11.8 Å². The van der Waals surface area contributed by atoms with E-state index in [1.807, 2.05) is 30.3 Å². The van der Waals surface area contributed by atoms with Crippen LogP contribution in [0.4, 0.5) is 0 Å². The quantitative estimate of drug-likeness (QED) is 0.576. The van der Waals surface area contributed by atoms with Crippen molar-refractivity contribution in [2.75, 3.05) is 6.79 Å². The van der Waals surface area contributed by atoms with E-state index in [1.165, 1.54) is 11.3 Å². The van der Waals surface area contributed by atoms with Gasteiger partial charge in [0, 0.05) is 0 Å². The molecule has 1 aliphatic rings. The number of hydrogen-bond donors (Lipinski definition) is 1. The lowest BCUT2D eigenvalue weighted by Gasteiger charge is -2.17. The Labute approximate surface area is 82.5 Å². The first-order chi connectivity index (χ1) is 6.86. The molecule has 4 heteroatoms. The minimum atomic E-state index is 0.248. The molecule has 0 unspecified atom stereocenters. The van der Waals surface area contributed by atoms with Crippen LogP contribution in [0.25, 0.3) is 0 Å². The molecule has 0 bridgehead atoms. The van der Waals surface area contributed by atoms with Crippen molar-refractivity contribution in [1.29, 1.82) is 0 Å². The molecule has 2 rings (SSSR count). The molecule has 0 radical (unpaired) electrons. The standard InChI is InChI=1S/C10H12N2O2/c11-12(10-7-13-8-14-10)6-9-4-2-1-3-5-9/h1-5,7H,6,8,11H2. The van der Waals surface area contributed by atoms with Gasteiger partial charge >= 0.3 is 0 Å². The fourth-order valence-electron chi connectivity index (χ4n) is 1.24. The van der Waals surface area contributed by atoms with E-state index < -0.39 is 0 Å². The van der Waals surface area contributed by atoms with Gasteiger partial charge in [0.15, 0.2) is 0 Å². The van der Waals surface area contributed by atoms with Crippen LogP contribution in [0.5, 0.6) is 0 Å². The highest BCUT2D eigenvalue weighted by Gasteiger charge is 2.12. The minimum absolute atomic E-state index is 0.248. The third kappa shape index (κ3) is 1.97. The van der Waals surface area contributed by atoms with Gasteiger partial charge in [-0.2, -0.15) is 0 Å². The number of rotatable bonds is 3. The van der Waals surface area contributed by atoms with E-state index in [0.29, 0.717) is 12.4 Å². The molecule has 4 nitrogen and oxygen atoms in total. The van der Waals surface area contributed by atoms with Crippen molar-refractivity contribution in [3.05, 3.63) is 48.0 Å². The normalized spacial score (nSPS) is 14.2. The van der Waals surface area contributed by atoms with Crippen molar-refractivity contribution in [2.45, 2.75) is 6.54 Å². The predicted molar refractivity (Wildman–Crippen MR) is 51.3 cm³/mol. The lowest BCUT2D eigenvalue weighted by Crippen LogP contribution is -2.29. The molecule has 1 heterocycles. The maximum atomic E-state index is 5.77. The smallest absolute Gasteiger partial charge is 0.243 e. The van der Waals surface area contributed by atoms with Crippen molar-refractivity contribution in [2.24, 2.45) is 5.84 Å². The molecule has 0 aromatic heterocycles. The molecule has 0 fully saturated rings. The maximum absolute atomic E-state index is 5.77. The van der Waals surface area contributed by atoms with Crippen LogP contribution in [-0.2, 0) is 16.0 Å². The molecule has 0 spiro atoms. The van der Waals surface area contributed by atoms with E-state index in [9.17, 15) is 0 Å². The van der Waals surface area contributed by atoms with Gasteiger partial charge in [0.1, 0.15) is 6.26 Å². The Bertz CT molecular complexity index is 324. The Morgan fingerprint density at radius 1 is 1.29 bits per heavy atom. The van der Waals surface area contributed by atoms with Gasteiger partial charge in [-0.3, -0.25) is 5.01 Å². The van der Waals surface area contributed by atoms with Crippen LogP contribution in [0.2, 0.25) is 0 Å². The van der Waals surface area contributed by atoms with Crippen LogP contribution >= 0.6 is 0 Å². The third-order valence-electron chi connectivity index (χ3n) is 1.94. The molecule has 0 saturated carbocycles. The molecule has 2 N–H and O–H groups in total. The summed E-state index contributed by atoms with van der Waals surface area (Å²) < 4.78 is 10.0. The van der Waals surface area contributed by atoms with Crippen LogP contribution in [0.15, 0.2) is 42.5 Å². The predicted octanol–water partition coefficient (Wildman–Crippen LogP) is 1.17. The molecular weight excluding hydrogens is 180 g/mol. The van der Waals surface area contributed by atoms with Gasteiger partial charge in [0.25, 0.3) is 0 Å². The first-order valence-corrected chi connectivity index (χ1v) is 4.37. The number of nitrogens with two attached hydrogens (primary N) is 1. The zero-order chi connectivity index (χ0) is 9.80. The van der Waals surface area contributed by atoms with Gasteiger partial charge in [-0.15, -0.1) is 0 Å². The van der Waals surface area contributed by atoms with Gasteiger partial charge in [0.2, 0.25) is 12.7 Å². The average molecular weight is 192 g/mol. The van der Waals surface area contributed by atoms with Crippen molar-refractivity contribution in [3.63, 3.8) is 0 Å². The first-order valence-electron chi connectivity index (χ1n) is 4.37. The zero-order valence-electron chi connectivity index (χ0n) is 7.72. The summed E-state index contributed by atoms with van der Waals surface area (Å²) in [6.07, 6.45) is 1.52. The van der Waals surface area contributed by atoms with E-state index in [0.717, 1.165) is 5.56 Å². The van der Waals surface area contributed by atoms with Crippen molar-refractivity contribution in [1.82, 2.24) is 5.01 Å². The van der Waals surface area contributed by atoms with Gasteiger partial charge < -0.3 is 9.47 Å². The Morgan fingerprint density at radius 2 is 2.07 bits per heavy atom. The summed E-state index contributed by atoms with van der Waals surface area (Å²) in [6, 6.07) is 9.94. The summed E-state index contributed by atoms with van der Waals surface area (Å²) in [7, 11) is 0. The summed E-state index contributed by atoms with van der Waals surface area (Å²) >= 11 is 0. The largest absolute Gasteiger partial charge is 0.459 e. The average Bonchev–Trinajstić information content (AvgIpc) is 2.72. The van der Waals surface area contributed by atoms with Crippen LogP contribution < -0.4 is 5.84 Å². The lowest BCUT2D eigenvalue weighted by atomic mass is 10.2. The fourth-order valence-corrected chi connectivity index (χ4v) is 1.24. The third-order valence-corrected chi connectivity index (χ3v) is 1.94. The molecule has 14 heavy (non-hydrogen) atoms. The summed E-state index contributed by atoms with van der Waals surface area (Å²) in [4.78, 5) is 0. The minimum Gasteiger partial charge on any atom is -0.459 e. The number of hydrogen-bond acceptors (Lipinski definition) is 4. The molecule has 0 saturated heterocycles. The Kier molecular flexibility index (Phi) is 2.55. The van der Waals surface area contributed by atoms with E-state index in [-0.39, 0.29) is 6.79 Å². The van der Waals surface area contributed by atoms with Crippen molar-refractivity contribution >= 4 is 0 Å². The van der Waals surface area contributed by atoms with E-state index in [4.69, 9.17) is 15.3 Å². The first kappa shape index (κ1) is 8.90. The van der Waals surface area contributed by atoms with Crippen LogP contribution in [0, 0.1) is 0 Å². The molecule has 0 amide bonds. The number of benzene rings is 1. The molecule has 0 aliphatic carbocycles. The Hall–Kier alpha value is -1.68. The fraction of sp³-hybridized carbons (Fsp3) is 0.200. The van der Waals surface area contributed by atoms with E-state index >= 15 is 0 Å². The van der Waals surface area contributed by atoms with Gasteiger partial charge in [-0.25, -0.2) is 5.84 Å². The summed E-state index contributed by atoms with van der Waals surface area (Å²) in [5.41, 5.74) is 1.13. The zero-order valence-corrected chi connectivity index (χ0v) is 7.72. The van der Waals surface area contributed by atoms with Crippen LogP contribution in [0.3, 0.4) is 0 Å². The molecule has 1 aliphatic heterocycles. The van der Waals surface area contributed by atoms with Crippen LogP contribution in [0.1, 0.15) is 5.56 Å². The highest BCUT2D eigenvalue weighted by atomic mass is 16.7. The number of ether oxygens (including phenoxy) is 2. The van der Waals surface area contributed by atoms with Gasteiger partial charge in [-0.05, 0) is 5.56 Å². The summed E-state index contributed by atoms with van der Waals surface area (Å²) in [6.45, 7) is 0.855. The summed E-state index contributed by atoms with van der Waals surface area (Å²) in [5, 5.41) is 1.52. The molecular formula is C10H12N2O2. The second kappa shape index (κ2) is 4.02. The Morgan fingerprint density at radius 3 is 2.71 bits per heavy atom. The molecule has 0 atom stereocenters. The highest BCUT2D eigenvalue weighted by Crippen LogP contribution is 2.12. The topological polar surface area (TPSA) is 47.7 Å². The molecule has 1 aromatic carbocycles. The van der Waals surface area contributed by atoms with Gasteiger partial charge in [0.05, 0.1) is 6.54 Å². The highest BCUT2D eigenvalue weighted by molar-refractivity contribution is 5.15. The van der Waals surface area contributed by atoms with E-state index in [2.05, 4.69) is 0 Å². The van der Waals surface area contributed by atoms with Crippen molar-refractivity contribution < 1.29 is 9.47 Å². The Balaban J connectivity index is 1.97.